The second kappa shape index (κ2) is 7.85. The summed E-state index contributed by atoms with van der Waals surface area (Å²) in [4.78, 5) is 5.25. The normalized spacial score (nSPS) is 11.6. The van der Waals surface area contributed by atoms with Crippen molar-refractivity contribution in [2.24, 2.45) is 0 Å². The van der Waals surface area contributed by atoms with E-state index >= 15 is 0 Å². The van der Waals surface area contributed by atoms with E-state index in [1.54, 1.807) is 0 Å². The average molecular weight is 254 g/mol. The molecule has 1 aromatic heterocycles. The van der Waals surface area contributed by atoms with Gasteiger partial charge in [0.1, 0.15) is 0 Å². The first-order chi connectivity index (χ1) is 8.09. The predicted octanol–water partition coefficient (Wildman–Crippen LogP) is 3.27. The summed E-state index contributed by atoms with van der Waals surface area (Å²) in [6.45, 7) is 10.0. The zero-order valence-corrected chi connectivity index (χ0v) is 12.4. The van der Waals surface area contributed by atoms with E-state index < -0.39 is 0 Å². The van der Waals surface area contributed by atoms with Gasteiger partial charge in [-0.15, -0.1) is 11.3 Å². The zero-order chi connectivity index (χ0) is 12.7. The Balaban J connectivity index is 1.98. The minimum atomic E-state index is 0.664. The van der Waals surface area contributed by atoms with Crippen molar-refractivity contribution in [3.8, 4) is 0 Å². The molecule has 0 amide bonds. The molecule has 1 N–H and O–H groups in total. The quantitative estimate of drug-likeness (QED) is 0.716. The number of hydrogen-bond donors (Lipinski definition) is 1. The van der Waals surface area contributed by atoms with Gasteiger partial charge in [0.2, 0.25) is 0 Å². The van der Waals surface area contributed by atoms with Gasteiger partial charge in [0.05, 0.1) is 0 Å². The van der Waals surface area contributed by atoms with E-state index in [0.29, 0.717) is 6.04 Å². The first-order valence-corrected chi connectivity index (χ1v) is 7.37. The van der Waals surface area contributed by atoms with Crippen molar-refractivity contribution in [2.45, 2.75) is 46.2 Å². The fourth-order valence-electron chi connectivity index (χ4n) is 1.66. The van der Waals surface area contributed by atoms with Crippen LogP contribution >= 0.6 is 11.3 Å². The Morgan fingerprint density at radius 1 is 1.29 bits per heavy atom. The van der Waals surface area contributed by atoms with Crippen LogP contribution in [0, 0.1) is 6.92 Å². The molecule has 0 aliphatic carbocycles. The van der Waals surface area contributed by atoms with Gasteiger partial charge in [0, 0.05) is 22.3 Å². The van der Waals surface area contributed by atoms with Gasteiger partial charge in [-0.25, -0.2) is 0 Å². The van der Waals surface area contributed by atoms with E-state index in [2.05, 4.69) is 50.2 Å². The largest absolute Gasteiger partial charge is 0.312 e. The number of unbranched alkanes of at least 4 members (excludes halogenated alkanes) is 1. The molecule has 0 saturated carbocycles. The van der Waals surface area contributed by atoms with Crippen LogP contribution < -0.4 is 5.32 Å². The van der Waals surface area contributed by atoms with Gasteiger partial charge >= 0.3 is 0 Å². The van der Waals surface area contributed by atoms with Gasteiger partial charge < -0.3 is 10.2 Å². The summed E-state index contributed by atoms with van der Waals surface area (Å²) in [5, 5.41) is 3.51. The molecule has 0 aromatic carbocycles. The maximum Gasteiger partial charge on any atom is 0.0299 e. The van der Waals surface area contributed by atoms with Crippen molar-refractivity contribution in [3.63, 3.8) is 0 Å². The number of nitrogens with one attached hydrogen (secondary N) is 1. The molecule has 0 saturated heterocycles. The van der Waals surface area contributed by atoms with Gasteiger partial charge in [0.15, 0.2) is 0 Å². The molecule has 98 valence electrons. The molecule has 1 aromatic rings. The van der Waals surface area contributed by atoms with E-state index in [1.807, 2.05) is 11.3 Å². The van der Waals surface area contributed by atoms with Crippen molar-refractivity contribution >= 4 is 11.3 Å². The Hall–Kier alpha value is -0.380. The van der Waals surface area contributed by atoms with Crippen LogP contribution in [-0.2, 0) is 6.54 Å². The number of nitrogens with zero attached hydrogens (tertiary/aromatic N) is 1. The molecule has 0 unspecified atom stereocenters. The molecule has 0 aliphatic heterocycles. The molecule has 0 spiro atoms. The highest BCUT2D eigenvalue weighted by atomic mass is 32.1. The molecular weight excluding hydrogens is 228 g/mol. The van der Waals surface area contributed by atoms with E-state index in [0.717, 1.165) is 13.1 Å². The summed E-state index contributed by atoms with van der Waals surface area (Å²) in [6, 6.07) is 5.08. The fraction of sp³-hybridized carbons (Fsp3) is 0.714. The topological polar surface area (TPSA) is 15.3 Å². The van der Waals surface area contributed by atoms with Gasteiger partial charge in [-0.3, -0.25) is 0 Å². The molecule has 0 bridgehead atoms. The predicted molar refractivity (Wildman–Crippen MR) is 77.8 cm³/mol. The van der Waals surface area contributed by atoms with Crippen LogP contribution in [0.5, 0.6) is 0 Å². The smallest absolute Gasteiger partial charge is 0.0299 e. The standard InChI is InChI=1S/C14H26N2S/c1-12(2)16(4)10-6-5-9-15-11-14-8-7-13(3)17-14/h7-8,12,15H,5-6,9-11H2,1-4H3. The summed E-state index contributed by atoms with van der Waals surface area (Å²) in [5.74, 6) is 0. The molecule has 3 heteroatoms. The van der Waals surface area contributed by atoms with Crippen molar-refractivity contribution in [1.29, 1.82) is 0 Å². The Bertz CT molecular complexity index is 307. The Kier molecular flexibility index (Phi) is 6.78. The molecule has 1 rings (SSSR count). The lowest BCUT2D eigenvalue weighted by Crippen LogP contribution is -2.27. The van der Waals surface area contributed by atoms with Crippen LogP contribution in [0.25, 0.3) is 0 Å². The third-order valence-electron chi connectivity index (χ3n) is 3.09. The molecule has 2 nitrogen and oxygen atoms in total. The Labute approximate surface area is 110 Å². The summed E-state index contributed by atoms with van der Waals surface area (Å²) in [6.07, 6.45) is 2.55. The van der Waals surface area contributed by atoms with E-state index in [1.165, 1.54) is 29.1 Å². The summed E-state index contributed by atoms with van der Waals surface area (Å²) in [5.41, 5.74) is 0. The third-order valence-corrected chi connectivity index (χ3v) is 4.09. The van der Waals surface area contributed by atoms with Gasteiger partial charge in [-0.2, -0.15) is 0 Å². The van der Waals surface area contributed by atoms with Crippen LogP contribution in [0.3, 0.4) is 0 Å². The van der Waals surface area contributed by atoms with Crippen molar-refractivity contribution in [1.82, 2.24) is 10.2 Å². The van der Waals surface area contributed by atoms with Crippen LogP contribution in [-0.4, -0.2) is 31.1 Å². The maximum absolute atomic E-state index is 3.51. The van der Waals surface area contributed by atoms with Crippen LogP contribution in [0.2, 0.25) is 0 Å². The van der Waals surface area contributed by atoms with Crippen molar-refractivity contribution in [3.05, 3.63) is 21.9 Å². The zero-order valence-electron chi connectivity index (χ0n) is 11.6. The van der Waals surface area contributed by atoms with Gasteiger partial charge in [-0.05, 0) is 65.9 Å². The highest BCUT2D eigenvalue weighted by molar-refractivity contribution is 7.11. The number of thiophene rings is 1. The Morgan fingerprint density at radius 3 is 2.65 bits per heavy atom. The third kappa shape index (κ3) is 6.20. The lowest BCUT2D eigenvalue weighted by molar-refractivity contribution is 0.268. The lowest BCUT2D eigenvalue weighted by atomic mass is 10.2. The van der Waals surface area contributed by atoms with E-state index in [-0.39, 0.29) is 0 Å². The summed E-state index contributed by atoms with van der Waals surface area (Å²) >= 11 is 1.89. The van der Waals surface area contributed by atoms with Gasteiger partial charge in [-0.1, -0.05) is 0 Å². The van der Waals surface area contributed by atoms with Crippen LogP contribution in [0.15, 0.2) is 12.1 Å². The second-order valence-corrected chi connectivity index (χ2v) is 6.34. The van der Waals surface area contributed by atoms with E-state index in [9.17, 15) is 0 Å². The van der Waals surface area contributed by atoms with Crippen LogP contribution in [0.4, 0.5) is 0 Å². The molecule has 0 atom stereocenters. The monoisotopic (exact) mass is 254 g/mol. The Morgan fingerprint density at radius 2 is 2.06 bits per heavy atom. The molecule has 0 radical (unpaired) electrons. The molecule has 0 aliphatic rings. The summed E-state index contributed by atoms with van der Waals surface area (Å²) in [7, 11) is 2.20. The highest BCUT2D eigenvalue weighted by Crippen LogP contribution is 2.14. The second-order valence-electron chi connectivity index (χ2n) is 4.97. The first-order valence-electron chi connectivity index (χ1n) is 6.56. The molecule has 0 fully saturated rings. The maximum atomic E-state index is 3.51. The highest BCUT2D eigenvalue weighted by Gasteiger charge is 2.01. The lowest BCUT2D eigenvalue weighted by Gasteiger charge is -2.20. The van der Waals surface area contributed by atoms with Gasteiger partial charge in [0.25, 0.3) is 0 Å². The van der Waals surface area contributed by atoms with E-state index in [4.69, 9.17) is 0 Å². The minimum absolute atomic E-state index is 0.664. The molecule has 17 heavy (non-hydrogen) atoms. The molecular formula is C14H26N2S. The first kappa shape index (κ1) is 14.7. The molecule has 1 heterocycles. The minimum Gasteiger partial charge on any atom is -0.312 e. The van der Waals surface area contributed by atoms with Crippen molar-refractivity contribution < 1.29 is 0 Å². The summed E-state index contributed by atoms with van der Waals surface area (Å²) < 4.78 is 0. The van der Waals surface area contributed by atoms with Crippen LogP contribution in [0.1, 0.15) is 36.4 Å². The average Bonchev–Trinajstić information content (AvgIpc) is 2.68. The van der Waals surface area contributed by atoms with Crippen molar-refractivity contribution in [2.75, 3.05) is 20.1 Å². The fourth-order valence-corrected chi connectivity index (χ4v) is 2.52. The number of hydrogen-bond acceptors (Lipinski definition) is 3. The number of aryl methyl sites for hydroxylation is 1. The SMILES string of the molecule is Cc1ccc(CNCCCCN(C)C(C)C)s1. The number of rotatable bonds is 8.